The summed E-state index contributed by atoms with van der Waals surface area (Å²) >= 11 is 0. The van der Waals surface area contributed by atoms with Gasteiger partial charge in [0, 0.05) is 25.8 Å². The lowest BCUT2D eigenvalue weighted by atomic mass is 10.1. The molecule has 0 saturated carbocycles. The van der Waals surface area contributed by atoms with Gasteiger partial charge in [-0.25, -0.2) is 0 Å². The van der Waals surface area contributed by atoms with Crippen molar-refractivity contribution < 1.29 is 15.0 Å². The van der Waals surface area contributed by atoms with Crippen molar-refractivity contribution >= 4 is 5.91 Å². The van der Waals surface area contributed by atoms with Crippen LogP contribution in [0.15, 0.2) is 0 Å². The van der Waals surface area contributed by atoms with Crippen LogP contribution in [0.25, 0.3) is 0 Å². The molecular formula is C28H49NO3. The van der Waals surface area contributed by atoms with Gasteiger partial charge < -0.3 is 15.5 Å². The normalized spacial score (nSPS) is 11.2. The Morgan fingerprint density at radius 3 is 1.62 bits per heavy atom. The van der Waals surface area contributed by atoms with Crippen molar-refractivity contribution in [2.24, 2.45) is 0 Å². The van der Waals surface area contributed by atoms with Gasteiger partial charge in [0.2, 0.25) is 5.91 Å². The van der Waals surface area contributed by atoms with Crippen molar-refractivity contribution in [2.75, 3.05) is 13.2 Å². The molecule has 32 heavy (non-hydrogen) atoms. The summed E-state index contributed by atoms with van der Waals surface area (Å²) in [7, 11) is 0. The van der Waals surface area contributed by atoms with E-state index in [-0.39, 0.29) is 19.1 Å². The molecule has 0 aromatic carbocycles. The summed E-state index contributed by atoms with van der Waals surface area (Å²) in [6.07, 6.45) is 21.6. The van der Waals surface area contributed by atoms with Crippen LogP contribution >= 0.6 is 0 Å². The number of aliphatic hydroxyl groups is 2. The summed E-state index contributed by atoms with van der Waals surface area (Å²) in [6, 6.07) is 0. The van der Waals surface area contributed by atoms with Crippen LogP contribution in [-0.2, 0) is 4.79 Å². The number of carbonyl (C=O) groups is 1. The molecule has 0 rings (SSSR count). The quantitative estimate of drug-likeness (QED) is 0.152. The molecule has 0 aromatic heterocycles. The first-order valence-corrected chi connectivity index (χ1v) is 13.2. The van der Waals surface area contributed by atoms with Gasteiger partial charge in [-0.3, -0.25) is 4.79 Å². The minimum absolute atomic E-state index is 0.0537. The van der Waals surface area contributed by atoms with Gasteiger partial charge in [0.05, 0.1) is 12.7 Å². The number of unbranched alkanes of at least 4 members (excludes halogenated alkanes) is 16. The number of carbonyl (C=O) groups excluding carboxylic acids is 1. The third kappa shape index (κ3) is 24.8. The third-order valence-electron chi connectivity index (χ3n) is 5.60. The van der Waals surface area contributed by atoms with E-state index in [1.807, 2.05) is 0 Å². The van der Waals surface area contributed by atoms with Crippen molar-refractivity contribution in [2.45, 2.75) is 135 Å². The predicted molar refractivity (Wildman–Crippen MR) is 135 cm³/mol. The van der Waals surface area contributed by atoms with E-state index in [0.29, 0.717) is 6.42 Å². The van der Waals surface area contributed by atoms with E-state index in [2.05, 4.69) is 35.9 Å². The Hall–Kier alpha value is -1.49. The molecule has 0 aliphatic carbocycles. The largest absolute Gasteiger partial charge is 0.394 e. The summed E-state index contributed by atoms with van der Waals surface area (Å²) in [5, 5.41) is 20.5. The average Bonchev–Trinajstić information content (AvgIpc) is 2.80. The molecule has 0 radical (unpaired) electrons. The van der Waals surface area contributed by atoms with Crippen LogP contribution < -0.4 is 5.32 Å². The van der Waals surface area contributed by atoms with Gasteiger partial charge in [-0.05, 0) is 31.1 Å². The van der Waals surface area contributed by atoms with Gasteiger partial charge >= 0.3 is 0 Å². The highest BCUT2D eigenvalue weighted by Crippen LogP contribution is 2.11. The van der Waals surface area contributed by atoms with E-state index in [4.69, 9.17) is 5.11 Å². The Kier molecular flexibility index (Phi) is 24.6. The predicted octanol–water partition coefficient (Wildman–Crippen LogP) is 5.89. The maximum atomic E-state index is 11.5. The number of hydrogen-bond donors (Lipinski definition) is 3. The maximum Gasteiger partial charge on any atom is 0.220 e. The Labute approximate surface area is 198 Å². The van der Waals surface area contributed by atoms with Crippen LogP contribution in [-0.4, -0.2) is 35.4 Å². The fourth-order valence-electron chi connectivity index (χ4n) is 3.50. The average molecular weight is 448 g/mol. The molecule has 0 heterocycles. The van der Waals surface area contributed by atoms with Crippen molar-refractivity contribution in [1.82, 2.24) is 5.32 Å². The maximum absolute atomic E-state index is 11.5. The highest BCUT2D eigenvalue weighted by molar-refractivity contribution is 5.75. The molecule has 0 spiro atoms. The van der Waals surface area contributed by atoms with Gasteiger partial charge in [-0.2, -0.15) is 0 Å². The molecular weight excluding hydrogens is 398 g/mol. The van der Waals surface area contributed by atoms with Gasteiger partial charge in [-0.1, -0.05) is 102 Å². The van der Waals surface area contributed by atoms with E-state index in [1.165, 1.54) is 77.0 Å². The smallest absolute Gasteiger partial charge is 0.220 e. The molecule has 0 bridgehead atoms. The topological polar surface area (TPSA) is 69.6 Å². The Morgan fingerprint density at radius 1 is 0.719 bits per heavy atom. The molecule has 4 heteroatoms. The summed E-state index contributed by atoms with van der Waals surface area (Å²) in [4.78, 5) is 11.5. The molecule has 0 aliphatic rings. The molecule has 1 atom stereocenters. The fourth-order valence-corrected chi connectivity index (χ4v) is 3.50. The van der Waals surface area contributed by atoms with Gasteiger partial charge in [0.25, 0.3) is 0 Å². The van der Waals surface area contributed by atoms with E-state index < -0.39 is 6.10 Å². The molecule has 1 amide bonds. The molecule has 1 unspecified atom stereocenters. The van der Waals surface area contributed by atoms with Crippen LogP contribution in [0, 0.1) is 23.7 Å². The monoisotopic (exact) mass is 447 g/mol. The first-order chi connectivity index (χ1) is 15.7. The van der Waals surface area contributed by atoms with Crippen LogP contribution in [0.1, 0.15) is 129 Å². The van der Waals surface area contributed by atoms with Crippen molar-refractivity contribution in [3.63, 3.8) is 0 Å². The molecule has 184 valence electrons. The third-order valence-corrected chi connectivity index (χ3v) is 5.60. The number of nitrogens with one attached hydrogen (secondary N) is 1. The van der Waals surface area contributed by atoms with Crippen molar-refractivity contribution in [1.29, 1.82) is 0 Å². The Balaban J connectivity index is 3.33. The minimum Gasteiger partial charge on any atom is -0.394 e. The number of rotatable bonds is 21. The van der Waals surface area contributed by atoms with Crippen molar-refractivity contribution in [3.05, 3.63) is 0 Å². The second-order valence-electron chi connectivity index (χ2n) is 8.80. The van der Waals surface area contributed by atoms with Gasteiger partial charge in [-0.15, -0.1) is 0 Å². The summed E-state index contributed by atoms with van der Waals surface area (Å²) in [5.74, 6) is 12.2. The van der Waals surface area contributed by atoms with Crippen LogP contribution in [0.2, 0.25) is 0 Å². The molecule has 0 saturated heterocycles. The van der Waals surface area contributed by atoms with Crippen molar-refractivity contribution in [3.8, 4) is 23.7 Å². The second kappa shape index (κ2) is 25.8. The highest BCUT2D eigenvalue weighted by atomic mass is 16.3. The van der Waals surface area contributed by atoms with E-state index >= 15 is 0 Å². The molecule has 3 N–H and O–H groups in total. The van der Waals surface area contributed by atoms with E-state index in [0.717, 1.165) is 38.5 Å². The van der Waals surface area contributed by atoms with Gasteiger partial charge in [0.15, 0.2) is 0 Å². The molecule has 0 fully saturated rings. The summed E-state index contributed by atoms with van der Waals surface area (Å²) < 4.78 is 0. The zero-order valence-corrected chi connectivity index (χ0v) is 20.7. The lowest BCUT2D eigenvalue weighted by Crippen LogP contribution is -2.33. The lowest BCUT2D eigenvalue weighted by molar-refractivity contribution is -0.121. The summed E-state index contributed by atoms with van der Waals surface area (Å²) in [5.41, 5.74) is 0. The highest BCUT2D eigenvalue weighted by Gasteiger charge is 2.05. The number of amides is 1. The zero-order valence-electron chi connectivity index (χ0n) is 20.7. The molecule has 0 aromatic rings. The first-order valence-electron chi connectivity index (χ1n) is 13.2. The second-order valence-corrected chi connectivity index (χ2v) is 8.80. The Morgan fingerprint density at radius 2 is 1.16 bits per heavy atom. The first kappa shape index (κ1) is 30.5. The Bertz CT molecular complexity index is 538. The molecule has 4 nitrogen and oxygen atoms in total. The van der Waals surface area contributed by atoms with Crippen LogP contribution in [0.4, 0.5) is 0 Å². The minimum atomic E-state index is -0.863. The zero-order chi connectivity index (χ0) is 23.5. The molecule has 0 aliphatic heterocycles. The number of aliphatic hydroxyl groups excluding tert-OH is 2. The number of hydrogen-bond acceptors (Lipinski definition) is 3. The standard InChI is InChI=1S/C28H49NO3/c1-2-3-4-5-6-7-8-9-10-11-12-13-14-15-16-17-18-19-20-21-22-23-24-28(32)29-25-27(31)26-30/h27,30-31H,2-12,17-26H2,1H3,(H,29,32). The SMILES string of the molecule is CCCCCCCCCCCCC#CC#CCCCCCCCCC(=O)NCC(O)CO. The van der Waals surface area contributed by atoms with E-state index in [1.54, 1.807) is 0 Å². The summed E-state index contributed by atoms with van der Waals surface area (Å²) in [6.45, 7) is 2.07. The van der Waals surface area contributed by atoms with Crippen LogP contribution in [0.5, 0.6) is 0 Å². The van der Waals surface area contributed by atoms with Gasteiger partial charge in [0.1, 0.15) is 0 Å². The lowest BCUT2D eigenvalue weighted by Gasteiger charge is -2.08. The van der Waals surface area contributed by atoms with Crippen LogP contribution in [0.3, 0.4) is 0 Å². The fraction of sp³-hybridized carbons (Fsp3) is 0.821. The van der Waals surface area contributed by atoms with E-state index in [9.17, 15) is 9.90 Å².